The Morgan fingerprint density at radius 2 is 1.83 bits per heavy atom. The Morgan fingerprint density at radius 3 is 2.35 bits per heavy atom. The summed E-state index contributed by atoms with van der Waals surface area (Å²) in [6.07, 6.45) is 2.12. The van der Waals surface area contributed by atoms with Crippen molar-refractivity contribution in [3.63, 3.8) is 0 Å². The first kappa shape index (κ1) is 17.5. The van der Waals surface area contributed by atoms with Gasteiger partial charge in [0.2, 0.25) is 0 Å². The molecule has 0 spiro atoms. The Balaban J connectivity index is 2.65. The van der Waals surface area contributed by atoms with Crippen LogP contribution in [0.5, 0.6) is 0 Å². The molecule has 2 aliphatic carbocycles. The van der Waals surface area contributed by atoms with E-state index in [4.69, 9.17) is 4.74 Å². The van der Waals surface area contributed by atoms with E-state index in [0.717, 1.165) is 24.0 Å². The summed E-state index contributed by atoms with van der Waals surface area (Å²) in [6, 6.07) is 10.7. The van der Waals surface area contributed by atoms with Crippen LogP contribution in [0.2, 0.25) is 0 Å². The minimum Gasteiger partial charge on any atom is -0.465 e. The minimum absolute atomic E-state index is 0.241. The number of hydrogen-bond donors (Lipinski definition) is 1. The lowest BCUT2D eigenvalue weighted by Crippen LogP contribution is -2.15. The summed E-state index contributed by atoms with van der Waals surface area (Å²) in [5.41, 5.74) is 5.19. The summed E-state index contributed by atoms with van der Waals surface area (Å²) in [5, 5.41) is 3.38. The van der Waals surface area contributed by atoms with Gasteiger partial charge in [-0.1, -0.05) is 51.5 Å². The van der Waals surface area contributed by atoms with Crippen LogP contribution in [-0.2, 0) is 4.74 Å². The molecule has 0 aromatic rings. The highest BCUT2D eigenvalue weighted by atomic mass is 16.5. The average Bonchev–Trinajstić information content (AvgIpc) is 2.75. The van der Waals surface area contributed by atoms with E-state index < -0.39 is 0 Å². The Morgan fingerprint density at radius 1 is 1.17 bits per heavy atom. The van der Waals surface area contributed by atoms with Gasteiger partial charge in [0.25, 0.3) is 0 Å². The average molecular weight is 313 g/mol. The minimum atomic E-state index is -0.273. The van der Waals surface area contributed by atoms with Crippen molar-refractivity contribution in [3.05, 3.63) is 47.0 Å². The molecule has 0 saturated carbocycles. The molecular weight excluding hydrogens is 286 g/mol. The van der Waals surface area contributed by atoms with E-state index in [9.17, 15) is 4.79 Å². The summed E-state index contributed by atoms with van der Waals surface area (Å²) in [4.78, 5) is 12.2. The van der Waals surface area contributed by atoms with Gasteiger partial charge < -0.3 is 10.1 Å². The van der Waals surface area contributed by atoms with Crippen LogP contribution in [0.3, 0.4) is 0 Å². The molecule has 0 bridgehead atoms. The Kier molecular flexibility index (Phi) is 5.78. The first-order valence-corrected chi connectivity index (χ1v) is 8.35. The number of rotatable bonds is 6. The normalized spacial score (nSPS) is 12.6. The molecule has 124 valence electrons. The predicted molar refractivity (Wildman–Crippen MR) is 95.2 cm³/mol. The second-order valence-corrected chi connectivity index (χ2v) is 6.28. The van der Waals surface area contributed by atoms with E-state index in [0.29, 0.717) is 11.5 Å². The van der Waals surface area contributed by atoms with E-state index in [1.807, 2.05) is 13.1 Å². The Labute approximate surface area is 139 Å². The second-order valence-electron chi connectivity index (χ2n) is 6.28. The van der Waals surface area contributed by atoms with Crippen molar-refractivity contribution in [2.45, 2.75) is 45.6 Å². The van der Waals surface area contributed by atoms with Crippen LogP contribution >= 0.6 is 0 Å². The third kappa shape index (κ3) is 3.56. The van der Waals surface area contributed by atoms with Gasteiger partial charge in [0, 0.05) is 6.04 Å². The maximum atomic E-state index is 12.2. The number of nitrogens with one attached hydrogen (secondary N) is 1. The van der Waals surface area contributed by atoms with Crippen molar-refractivity contribution in [2.75, 3.05) is 14.2 Å². The molecule has 1 unspecified atom stereocenters. The van der Waals surface area contributed by atoms with Crippen LogP contribution in [0, 0.1) is 0 Å². The molecule has 2 rings (SSSR count). The van der Waals surface area contributed by atoms with Gasteiger partial charge in [-0.3, -0.25) is 0 Å². The van der Waals surface area contributed by atoms with E-state index >= 15 is 0 Å². The molecule has 1 N–H and O–H groups in total. The summed E-state index contributed by atoms with van der Waals surface area (Å²) in [6.45, 7) is 6.53. The molecule has 23 heavy (non-hydrogen) atoms. The van der Waals surface area contributed by atoms with E-state index in [1.165, 1.54) is 18.2 Å². The molecule has 0 fully saturated rings. The SMILES string of the molecule is CCCC(NC)c1cc(C(=O)OC)c2ccc(C(C)C)ccc1-2. The zero-order valence-electron chi connectivity index (χ0n) is 14.8. The van der Waals surface area contributed by atoms with Gasteiger partial charge in [0.1, 0.15) is 0 Å². The Bertz CT molecular complexity index is 648. The van der Waals surface area contributed by atoms with Crippen LogP contribution in [0.25, 0.3) is 11.1 Å². The molecule has 0 saturated heterocycles. The van der Waals surface area contributed by atoms with E-state index in [-0.39, 0.29) is 12.0 Å². The Hall–Kier alpha value is -1.87. The second kappa shape index (κ2) is 7.60. The molecular formula is C20H27NO2. The van der Waals surface area contributed by atoms with Gasteiger partial charge >= 0.3 is 5.97 Å². The van der Waals surface area contributed by atoms with Crippen molar-refractivity contribution in [1.29, 1.82) is 0 Å². The smallest absolute Gasteiger partial charge is 0.338 e. The molecule has 0 heterocycles. The van der Waals surface area contributed by atoms with Crippen molar-refractivity contribution < 1.29 is 9.53 Å². The first-order chi connectivity index (χ1) is 11.0. The number of fused-ring (bicyclic) bond motifs is 1. The zero-order chi connectivity index (χ0) is 17.0. The molecule has 0 aromatic heterocycles. The molecule has 2 aliphatic rings. The monoisotopic (exact) mass is 313 g/mol. The number of carbonyl (C=O) groups is 1. The molecule has 0 radical (unpaired) electrons. The standard InChI is InChI=1S/C20H27NO2/c1-6-7-19(21-4)17-12-18(20(22)23-5)16-11-9-14(13(2)3)8-10-15(16)17/h8-13,19,21H,6-7H2,1-5H3. The summed E-state index contributed by atoms with van der Waals surface area (Å²) >= 11 is 0. The molecule has 3 heteroatoms. The van der Waals surface area contributed by atoms with Crippen LogP contribution in [-0.4, -0.2) is 20.1 Å². The van der Waals surface area contributed by atoms with Crippen molar-refractivity contribution in [1.82, 2.24) is 5.32 Å². The van der Waals surface area contributed by atoms with Gasteiger partial charge in [-0.2, -0.15) is 0 Å². The number of carbonyl (C=O) groups excluding carboxylic acids is 1. The maximum Gasteiger partial charge on any atom is 0.338 e. The number of methoxy groups -OCH3 is 1. The fraction of sp³-hybridized carbons (Fsp3) is 0.450. The van der Waals surface area contributed by atoms with Crippen LogP contribution in [0.15, 0.2) is 30.3 Å². The summed E-state index contributed by atoms with van der Waals surface area (Å²) in [7, 11) is 3.41. The molecule has 0 aromatic carbocycles. The van der Waals surface area contributed by atoms with Gasteiger partial charge in [-0.15, -0.1) is 0 Å². The first-order valence-electron chi connectivity index (χ1n) is 8.35. The van der Waals surface area contributed by atoms with E-state index in [1.54, 1.807) is 0 Å². The van der Waals surface area contributed by atoms with Crippen molar-refractivity contribution >= 4 is 5.97 Å². The fourth-order valence-corrected chi connectivity index (χ4v) is 3.09. The third-order valence-electron chi connectivity index (χ3n) is 4.45. The maximum absolute atomic E-state index is 12.2. The van der Waals surface area contributed by atoms with E-state index in [2.05, 4.69) is 50.4 Å². The summed E-state index contributed by atoms with van der Waals surface area (Å²) < 4.78 is 4.98. The van der Waals surface area contributed by atoms with Gasteiger partial charge in [0.15, 0.2) is 0 Å². The highest BCUT2D eigenvalue weighted by Crippen LogP contribution is 2.38. The van der Waals surface area contributed by atoms with Crippen LogP contribution < -0.4 is 5.32 Å². The summed E-state index contributed by atoms with van der Waals surface area (Å²) in [5.74, 6) is 0.178. The lowest BCUT2D eigenvalue weighted by Gasteiger charge is -2.15. The zero-order valence-corrected chi connectivity index (χ0v) is 14.8. The molecule has 1 atom stereocenters. The van der Waals surface area contributed by atoms with Gasteiger partial charge in [0.05, 0.1) is 12.7 Å². The van der Waals surface area contributed by atoms with Crippen LogP contribution in [0.4, 0.5) is 0 Å². The lowest BCUT2D eigenvalue weighted by molar-refractivity contribution is 0.0602. The third-order valence-corrected chi connectivity index (χ3v) is 4.45. The van der Waals surface area contributed by atoms with Gasteiger partial charge in [-0.05, 0) is 47.7 Å². The number of hydrogen-bond acceptors (Lipinski definition) is 3. The quantitative estimate of drug-likeness (QED) is 0.781. The highest BCUT2D eigenvalue weighted by molar-refractivity contribution is 6.00. The number of esters is 1. The lowest BCUT2D eigenvalue weighted by atomic mass is 10.00. The van der Waals surface area contributed by atoms with Gasteiger partial charge in [-0.25, -0.2) is 4.79 Å². The number of ether oxygens (including phenoxy) is 1. The largest absolute Gasteiger partial charge is 0.465 e. The predicted octanol–water partition coefficient (Wildman–Crippen LogP) is 4.76. The van der Waals surface area contributed by atoms with Crippen molar-refractivity contribution in [2.24, 2.45) is 0 Å². The molecule has 0 amide bonds. The van der Waals surface area contributed by atoms with Crippen molar-refractivity contribution in [3.8, 4) is 11.1 Å². The topological polar surface area (TPSA) is 38.3 Å². The fourth-order valence-electron chi connectivity index (χ4n) is 3.09. The highest BCUT2D eigenvalue weighted by Gasteiger charge is 2.24. The molecule has 0 aliphatic heterocycles. The molecule has 3 nitrogen and oxygen atoms in total. The van der Waals surface area contributed by atoms with Crippen LogP contribution in [0.1, 0.15) is 67.1 Å².